The fourth-order valence-electron chi connectivity index (χ4n) is 6.93. The first-order valence-electron chi connectivity index (χ1n) is 36.7. The predicted molar refractivity (Wildman–Crippen MR) is 419 cm³/mol. The first-order valence-corrected chi connectivity index (χ1v) is 37.7. The molecule has 0 amide bonds. The predicted octanol–water partition coefficient (Wildman–Crippen LogP) is 11.4. The average molecular weight is 1550 g/mol. The van der Waals surface area contributed by atoms with Crippen LogP contribution >= 0.6 is 11.8 Å². The van der Waals surface area contributed by atoms with Gasteiger partial charge in [-0.15, -0.1) is 5.10 Å². The summed E-state index contributed by atoms with van der Waals surface area (Å²) in [5, 5.41) is 39.7. The third-order valence-electron chi connectivity index (χ3n) is 12.7. The smallest absolute Gasteiger partial charge is 0.359 e. The fraction of sp³-hybridized carbons (Fsp3) is 0.811. The van der Waals surface area contributed by atoms with E-state index in [2.05, 4.69) is 70.2 Å². The van der Waals surface area contributed by atoms with Crippen molar-refractivity contribution in [3.8, 4) is 0 Å². The third kappa shape index (κ3) is 84.7. The first kappa shape index (κ1) is 117. The van der Waals surface area contributed by atoms with Crippen LogP contribution in [0.1, 0.15) is 179 Å². The van der Waals surface area contributed by atoms with Gasteiger partial charge in [0, 0.05) is 111 Å². The number of carbonyl (C=O) groups excluding carboxylic acids is 2. The average Bonchev–Trinajstić information content (AvgIpc) is 1.69. The van der Waals surface area contributed by atoms with E-state index in [1.807, 2.05) is 55.5 Å². The molecule has 4 N–H and O–H groups in total. The molecule has 0 aliphatic heterocycles. The Labute approximate surface area is 642 Å². The van der Waals surface area contributed by atoms with Crippen LogP contribution in [-0.2, 0) is 94.6 Å². The van der Waals surface area contributed by atoms with Gasteiger partial charge in [-0.2, -0.15) is 15.4 Å². The number of aryl methyl sites for hydroxylation is 2. The topological polar surface area (TPSA) is 359 Å². The lowest BCUT2D eigenvalue weighted by atomic mass is 9.91. The summed E-state index contributed by atoms with van der Waals surface area (Å²) >= 11 is 1.61. The van der Waals surface area contributed by atoms with Crippen LogP contribution in [0.25, 0.3) is 11.0 Å². The summed E-state index contributed by atoms with van der Waals surface area (Å²) < 4.78 is 85.8. The maximum atomic E-state index is 11.6. The number of aliphatic hydroxyl groups excluding tert-OH is 2. The molecule has 0 spiro atoms. The standard InChI is InChI=1S/C12H26O2.C10H14N2O4.C8H18O4.C7H5N3O2.C7H13N3OS.C7H14.C5H12O3.C5H12O2.C4H10O2.C3H8O2.C2H6O.2C2H6/c1-5-7-8-12(6-2)10-14-9-11(3)13-4;1-4-15-9(13)7-8(10(14)16-5-2)12(3)6-11-7;1-9-3-5-11-7-8-12-6-4-10-2;11-7(12)4-1-2-5-6(3-4)9-10-8-5;1-3-11-4-5-12-7-8-6-10(2)9-7;1-7-5-3-2-4-6-7;1-6-3-4-8-5-7-2;1-3-7-5-4-6-2;1-4(3-5)6-2;1-5-3-2-4;1-3-2;2*1-2/h11-12H,5-10H2,1-4H3;6H,4-5H2,1-3H3;3-8H2,1-2H3;1-3H,(H,11,12)(H,8,9,10);6H,3-5H2,1-2H3;7H,2-6H2,1H3;3-5H2,1-2H3;3-5H2,1-2H3;4-5H,3H2,1-2H3;4H,2-3H2,1H3;1-2H3;2*1-2H3. The monoisotopic (exact) mass is 1550 g/mol. The maximum absolute atomic E-state index is 11.6. The summed E-state index contributed by atoms with van der Waals surface area (Å²) in [4.78, 5) is 41.5. The van der Waals surface area contributed by atoms with Gasteiger partial charge in [0.25, 0.3) is 0 Å². The molecule has 1 aliphatic carbocycles. The minimum Gasteiger partial charge on any atom is -0.478 e. The van der Waals surface area contributed by atoms with Crippen LogP contribution in [0.5, 0.6) is 0 Å². The van der Waals surface area contributed by atoms with Gasteiger partial charge >= 0.3 is 17.9 Å². The molecule has 3 unspecified atom stereocenters. The number of aliphatic hydroxyl groups is 2. The summed E-state index contributed by atoms with van der Waals surface area (Å²) in [6.07, 6.45) is 15.8. The van der Waals surface area contributed by atoms with E-state index in [0.29, 0.717) is 90.5 Å². The summed E-state index contributed by atoms with van der Waals surface area (Å²) in [5.41, 5.74) is 1.55. The fourth-order valence-corrected chi connectivity index (χ4v) is 7.62. The van der Waals surface area contributed by atoms with E-state index in [1.165, 1.54) is 80.8 Å². The molecule has 1 saturated carbocycles. The van der Waals surface area contributed by atoms with Crippen molar-refractivity contribution in [3.63, 3.8) is 0 Å². The minimum atomic E-state index is -0.958. The Kier molecular flexibility index (Phi) is 108. The largest absolute Gasteiger partial charge is 0.478 e. The van der Waals surface area contributed by atoms with Crippen molar-refractivity contribution in [1.82, 2.24) is 39.7 Å². The molecule has 4 aromatic rings. The van der Waals surface area contributed by atoms with Crippen LogP contribution in [0.4, 0.5) is 0 Å². The summed E-state index contributed by atoms with van der Waals surface area (Å²) in [6.45, 7) is 37.9. The van der Waals surface area contributed by atoms with Crippen LogP contribution in [-0.4, -0.2) is 301 Å². The van der Waals surface area contributed by atoms with Crippen molar-refractivity contribution < 1.29 is 110 Å². The number of carbonyl (C=O) groups is 3. The molecule has 32 heteroatoms. The Morgan fingerprint density at radius 2 is 1.08 bits per heavy atom. The van der Waals surface area contributed by atoms with E-state index in [4.69, 9.17) is 76.9 Å². The Bertz CT molecular complexity index is 2300. The van der Waals surface area contributed by atoms with E-state index >= 15 is 0 Å². The Morgan fingerprint density at radius 3 is 1.49 bits per heavy atom. The molecule has 3 heterocycles. The number of H-pyrrole nitrogens is 1. The zero-order valence-electron chi connectivity index (χ0n) is 70.2. The number of unbranched alkanes of at least 4 members (excludes halogenated alkanes) is 1. The third-order valence-corrected chi connectivity index (χ3v) is 13.5. The number of fused-ring (bicyclic) bond motifs is 1. The molecule has 31 nitrogen and oxygen atoms in total. The molecule has 0 bridgehead atoms. The number of benzene rings is 1. The second-order valence-corrected chi connectivity index (χ2v) is 22.4. The number of carboxylic acid groups (broad SMARTS) is 1. The molecule has 0 saturated heterocycles. The van der Waals surface area contributed by atoms with Gasteiger partial charge in [-0.3, -0.25) is 4.68 Å². The number of esters is 2. The lowest BCUT2D eigenvalue weighted by Crippen LogP contribution is -2.17. The first-order chi connectivity index (χ1) is 51.2. The van der Waals surface area contributed by atoms with Crippen LogP contribution in [0, 0.1) is 11.8 Å². The van der Waals surface area contributed by atoms with E-state index < -0.39 is 17.9 Å². The Morgan fingerprint density at radius 1 is 0.585 bits per heavy atom. The van der Waals surface area contributed by atoms with E-state index in [0.717, 1.165) is 55.8 Å². The SMILES string of the molecule is CC.CC.CC1CCCCC1.CCCCC(CC)COCC(C)OC.CCOC(=O)c1ncn(C)c1C(=O)OCC.CCOCCOC.CCOCCSc1ncn(C)n1.COC.COC(C)CO.COCCO.COCCOCCOCCOC.COCCOCOC.O=C(O)c1ccc2n[nH]nc2c1. The molecule has 3 aromatic heterocycles. The zero-order valence-corrected chi connectivity index (χ0v) is 71.0. The molecular weight excluding hydrogens is 1400 g/mol. The van der Waals surface area contributed by atoms with Crippen LogP contribution in [0.15, 0.2) is 36.0 Å². The molecule has 630 valence electrons. The van der Waals surface area contributed by atoms with Gasteiger partial charge in [0.15, 0.2) is 11.4 Å². The molecule has 106 heavy (non-hydrogen) atoms. The maximum Gasteiger partial charge on any atom is 0.359 e. The van der Waals surface area contributed by atoms with Crippen LogP contribution < -0.4 is 0 Å². The molecule has 1 fully saturated rings. The van der Waals surface area contributed by atoms with Crippen molar-refractivity contribution in [2.75, 3.05) is 216 Å². The molecule has 1 aliphatic rings. The number of hydrogen-bond acceptors (Lipinski definition) is 28. The highest BCUT2D eigenvalue weighted by atomic mass is 32.2. The highest BCUT2D eigenvalue weighted by Crippen LogP contribution is 2.22. The molecule has 0 radical (unpaired) electrons. The highest BCUT2D eigenvalue weighted by molar-refractivity contribution is 7.99. The second kappa shape index (κ2) is 98.1. The van der Waals surface area contributed by atoms with Gasteiger partial charge < -0.3 is 100 Å². The number of rotatable bonds is 41. The molecule has 3 atom stereocenters. The van der Waals surface area contributed by atoms with Crippen LogP contribution in [0.3, 0.4) is 0 Å². The van der Waals surface area contributed by atoms with E-state index in [9.17, 15) is 14.4 Å². The summed E-state index contributed by atoms with van der Waals surface area (Å²) in [7, 11) is 19.8. The van der Waals surface area contributed by atoms with Crippen LogP contribution in [0.2, 0.25) is 0 Å². The number of thioether (sulfide) groups is 1. The van der Waals surface area contributed by atoms with Gasteiger partial charge in [-0.05, 0) is 78.0 Å². The van der Waals surface area contributed by atoms with Crippen molar-refractivity contribution in [2.24, 2.45) is 25.9 Å². The number of ether oxygens (including phenoxy) is 17. The van der Waals surface area contributed by atoms with Crippen molar-refractivity contribution in [3.05, 3.63) is 47.8 Å². The normalized spacial score (nSPS) is 11.6. The lowest BCUT2D eigenvalue weighted by Gasteiger charge is -2.16. The number of nitrogens with one attached hydrogen (secondary N) is 1. The van der Waals surface area contributed by atoms with Gasteiger partial charge in [0.1, 0.15) is 24.2 Å². The van der Waals surface area contributed by atoms with Gasteiger partial charge in [0.2, 0.25) is 5.16 Å². The number of methoxy groups -OCH3 is 9. The van der Waals surface area contributed by atoms with E-state index in [-0.39, 0.29) is 55.6 Å². The number of carboxylic acids is 1. The van der Waals surface area contributed by atoms with Crippen molar-refractivity contribution >= 4 is 40.7 Å². The molecule has 1 aromatic carbocycles. The molecule has 5 rings (SSSR count). The number of aromatic amines is 1. The van der Waals surface area contributed by atoms with Crippen molar-refractivity contribution in [1.29, 1.82) is 0 Å². The molecular formula is C74H150N8O23S. The van der Waals surface area contributed by atoms with Gasteiger partial charge in [-0.1, -0.05) is 112 Å². The zero-order chi connectivity index (χ0) is 82.1. The van der Waals surface area contributed by atoms with Crippen molar-refractivity contribution in [2.45, 2.75) is 165 Å². The summed E-state index contributed by atoms with van der Waals surface area (Å²) in [6, 6.07) is 4.58. The van der Waals surface area contributed by atoms with Gasteiger partial charge in [0.05, 0.1) is 136 Å². The number of hydrogen-bond donors (Lipinski definition) is 4. The summed E-state index contributed by atoms with van der Waals surface area (Å²) in [5.74, 6) is 0.530. The Hall–Kier alpha value is -4.95. The highest BCUT2D eigenvalue weighted by Gasteiger charge is 2.24. The second-order valence-electron chi connectivity index (χ2n) is 21.4. The number of aromatic carboxylic acids is 1. The quantitative estimate of drug-likeness (QED) is 0.0139. The minimum absolute atomic E-state index is 0.00926. The number of nitrogens with zero attached hydrogens (tertiary/aromatic N) is 7. The number of imidazole rings is 1. The number of aromatic nitrogens is 8. The Balaban J connectivity index is -0.000000169. The van der Waals surface area contributed by atoms with E-state index in [1.54, 1.807) is 128 Å². The van der Waals surface area contributed by atoms with Gasteiger partial charge in [-0.25, -0.2) is 24.4 Å². The lowest BCUT2D eigenvalue weighted by molar-refractivity contribution is -0.0457.